The first-order chi connectivity index (χ1) is 3.91. The maximum Gasteiger partial charge on any atom is 0.0229 e. The minimum Gasteiger partial charge on any atom is -0.0854 e. The van der Waals surface area contributed by atoms with Crippen LogP contribution in [0.1, 0.15) is 20.3 Å². The SMILES string of the molecule is C1=CSSC1.CCC. The van der Waals surface area contributed by atoms with Gasteiger partial charge in [-0.05, 0) is 5.41 Å². The maximum absolute atomic E-state index is 2.16. The van der Waals surface area contributed by atoms with Gasteiger partial charge in [0.25, 0.3) is 0 Å². The zero-order chi connectivity index (χ0) is 6.24. The van der Waals surface area contributed by atoms with Crippen molar-refractivity contribution >= 4 is 21.6 Å². The highest BCUT2D eigenvalue weighted by molar-refractivity contribution is 8.78. The Morgan fingerprint density at radius 1 is 1.50 bits per heavy atom. The van der Waals surface area contributed by atoms with Gasteiger partial charge in [0.15, 0.2) is 0 Å². The average Bonchev–Trinajstić information content (AvgIpc) is 2.17. The largest absolute Gasteiger partial charge is 0.0854 e. The van der Waals surface area contributed by atoms with Gasteiger partial charge in [0.1, 0.15) is 0 Å². The molecule has 0 aliphatic carbocycles. The van der Waals surface area contributed by atoms with E-state index in [-0.39, 0.29) is 0 Å². The van der Waals surface area contributed by atoms with Crippen LogP contribution in [0, 0.1) is 0 Å². The van der Waals surface area contributed by atoms with E-state index in [2.05, 4.69) is 25.3 Å². The summed E-state index contributed by atoms with van der Waals surface area (Å²) in [5, 5.41) is 2.12. The van der Waals surface area contributed by atoms with Crippen molar-refractivity contribution in [3.05, 3.63) is 11.5 Å². The molecule has 1 aliphatic rings. The van der Waals surface area contributed by atoms with Crippen molar-refractivity contribution in [3.63, 3.8) is 0 Å². The Morgan fingerprint density at radius 2 is 2.12 bits per heavy atom. The predicted molar refractivity (Wildman–Crippen MR) is 45.2 cm³/mol. The van der Waals surface area contributed by atoms with Gasteiger partial charge in [-0.2, -0.15) is 0 Å². The van der Waals surface area contributed by atoms with Gasteiger partial charge in [-0.15, -0.1) is 0 Å². The molecule has 0 atom stereocenters. The molecule has 1 heterocycles. The third-order valence-electron chi connectivity index (χ3n) is 0.384. The van der Waals surface area contributed by atoms with E-state index in [1.807, 2.05) is 21.6 Å². The lowest BCUT2D eigenvalue weighted by Gasteiger charge is -1.69. The van der Waals surface area contributed by atoms with Crippen LogP contribution in [0.15, 0.2) is 11.5 Å². The van der Waals surface area contributed by atoms with Crippen molar-refractivity contribution in [2.24, 2.45) is 0 Å². The normalized spacial score (nSPS) is 15.2. The van der Waals surface area contributed by atoms with Gasteiger partial charge in [-0.3, -0.25) is 0 Å². The molecule has 0 radical (unpaired) electrons. The Balaban J connectivity index is 0.000000145. The number of hydrogen-bond acceptors (Lipinski definition) is 2. The van der Waals surface area contributed by atoms with Crippen LogP contribution in [-0.2, 0) is 0 Å². The van der Waals surface area contributed by atoms with E-state index in [4.69, 9.17) is 0 Å². The quantitative estimate of drug-likeness (QED) is 0.483. The molecule has 0 spiro atoms. The maximum atomic E-state index is 2.16. The van der Waals surface area contributed by atoms with Crippen molar-refractivity contribution in [1.82, 2.24) is 0 Å². The van der Waals surface area contributed by atoms with Gasteiger partial charge in [-0.1, -0.05) is 47.9 Å². The molecule has 0 nitrogen and oxygen atoms in total. The topological polar surface area (TPSA) is 0 Å². The van der Waals surface area contributed by atoms with E-state index in [1.165, 1.54) is 12.2 Å². The lowest BCUT2D eigenvalue weighted by atomic mass is 10.6. The molecule has 1 rings (SSSR count). The summed E-state index contributed by atoms with van der Waals surface area (Å²) in [6.07, 6.45) is 3.41. The highest BCUT2D eigenvalue weighted by Crippen LogP contribution is 2.27. The molecule has 0 unspecified atom stereocenters. The van der Waals surface area contributed by atoms with Crippen LogP contribution in [0.2, 0.25) is 0 Å². The predicted octanol–water partition coefficient (Wildman–Crippen LogP) is 3.31. The highest BCUT2D eigenvalue weighted by atomic mass is 33.1. The van der Waals surface area contributed by atoms with Crippen LogP contribution in [0.3, 0.4) is 0 Å². The van der Waals surface area contributed by atoms with Crippen molar-refractivity contribution < 1.29 is 0 Å². The van der Waals surface area contributed by atoms with E-state index < -0.39 is 0 Å². The molecule has 0 aromatic rings. The first kappa shape index (κ1) is 8.44. The van der Waals surface area contributed by atoms with Gasteiger partial charge in [-0.25, -0.2) is 0 Å². The fourth-order valence-electron chi connectivity index (χ4n) is 0.196. The van der Waals surface area contributed by atoms with Crippen molar-refractivity contribution in [3.8, 4) is 0 Å². The van der Waals surface area contributed by atoms with E-state index in [1.54, 1.807) is 0 Å². The fraction of sp³-hybridized carbons (Fsp3) is 0.667. The van der Waals surface area contributed by atoms with Crippen LogP contribution >= 0.6 is 21.6 Å². The summed E-state index contributed by atoms with van der Waals surface area (Å²) >= 11 is 0. The Bertz CT molecular complexity index is 53.5. The summed E-state index contributed by atoms with van der Waals surface area (Å²) < 4.78 is 0. The fourth-order valence-corrected chi connectivity index (χ4v) is 1.77. The number of rotatable bonds is 0. The lowest BCUT2D eigenvalue weighted by molar-refractivity contribution is 1.09. The summed E-state index contributed by atoms with van der Waals surface area (Å²) in [7, 11) is 3.69. The summed E-state index contributed by atoms with van der Waals surface area (Å²) in [4.78, 5) is 0. The molecule has 0 amide bonds. The third-order valence-corrected chi connectivity index (χ3v) is 2.30. The molecule has 0 aromatic heterocycles. The van der Waals surface area contributed by atoms with E-state index in [0.717, 1.165) is 0 Å². The summed E-state index contributed by atoms with van der Waals surface area (Å²) in [5.74, 6) is 1.20. The second-order valence-corrected chi connectivity index (χ2v) is 3.78. The van der Waals surface area contributed by atoms with Crippen molar-refractivity contribution in [1.29, 1.82) is 0 Å². The molecule has 0 aromatic carbocycles. The first-order valence-corrected chi connectivity index (χ1v) is 5.23. The van der Waals surface area contributed by atoms with Crippen molar-refractivity contribution in [2.75, 3.05) is 5.75 Å². The minimum absolute atomic E-state index is 1.20. The molecule has 1 aliphatic heterocycles. The Labute approximate surface area is 59.5 Å². The van der Waals surface area contributed by atoms with E-state index in [0.29, 0.717) is 0 Å². The molecule has 48 valence electrons. The first-order valence-electron chi connectivity index (χ1n) is 2.85. The van der Waals surface area contributed by atoms with Crippen molar-refractivity contribution in [2.45, 2.75) is 20.3 Å². The molecular weight excluding hydrogens is 136 g/mol. The van der Waals surface area contributed by atoms with Gasteiger partial charge in [0.2, 0.25) is 0 Å². The van der Waals surface area contributed by atoms with Crippen LogP contribution in [0.25, 0.3) is 0 Å². The average molecular weight is 148 g/mol. The summed E-state index contributed by atoms with van der Waals surface area (Å²) in [5.41, 5.74) is 0. The molecule has 2 heteroatoms. The summed E-state index contributed by atoms with van der Waals surface area (Å²) in [6, 6.07) is 0. The van der Waals surface area contributed by atoms with Gasteiger partial charge < -0.3 is 0 Å². The number of hydrogen-bond donors (Lipinski definition) is 0. The minimum atomic E-state index is 1.20. The van der Waals surface area contributed by atoms with Crippen LogP contribution in [0.5, 0.6) is 0 Å². The molecule has 0 bridgehead atoms. The van der Waals surface area contributed by atoms with Crippen LogP contribution in [0.4, 0.5) is 0 Å². The molecule has 0 N–H and O–H groups in total. The van der Waals surface area contributed by atoms with Crippen LogP contribution in [-0.4, -0.2) is 5.75 Å². The standard InChI is InChI=1S/C3H4S2.C3H8/c1-2-4-5-3-1;1-3-2/h1-2H,3H2;3H2,1-2H3. The summed E-state index contributed by atoms with van der Waals surface area (Å²) in [6.45, 7) is 4.25. The van der Waals surface area contributed by atoms with Crippen LogP contribution < -0.4 is 0 Å². The second-order valence-electron chi connectivity index (χ2n) is 1.46. The Kier molecular flexibility index (Phi) is 7.85. The lowest BCUT2D eigenvalue weighted by Crippen LogP contribution is -1.46. The van der Waals surface area contributed by atoms with Gasteiger partial charge in [0.05, 0.1) is 0 Å². The monoisotopic (exact) mass is 148 g/mol. The smallest absolute Gasteiger partial charge is 0.0229 e. The molecule has 0 saturated carbocycles. The molecule has 8 heavy (non-hydrogen) atoms. The molecule has 0 saturated heterocycles. The Morgan fingerprint density at radius 3 is 2.25 bits per heavy atom. The Hall–Kier alpha value is 0.440. The second kappa shape index (κ2) is 7.44. The van der Waals surface area contributed by atoms with Gasteiger partial charge in [0, 0.05) is 5.75 Å². The molecular formula is C6H12S2. The zero-order valence-corrected chi connectivity index (χ0v) is 7.02. The highest BCUT2D eigenvalue weighted by Gasteiger charge is 1.85. The van der Waals surface area contributed by atoms with Gasteiger partial charge >= 0.3 is 0 Å². The molecule has 0 fully saturated rings. The van der Waals surface area contributed by atoms with E-state index >= 15 is 0 Å². The van der Waals surface area contributed by atoms with E-state index in [9.17, 15) is 0 Å². The zero-order valence-electron chi connectivity index (χ0n) is 5.39. The third kappa shape index (κ3) is 6.44.